The lowest BCUT2D eigenvalue weighted by atomic mass is 10.1. The first kappa shape index (κ1) is 19.3. The number of phenolic OH excluding ortho intramolecular Hbond substituents is 1. The van der Waals surface area contributed by atoms with Gasteiger partial charge in [0.15, 0.2) is 11.5 Å². The van der Waals surface area contributed by atoms with E-state index in [4.69, 9.17) is 9.47 Å². The van der Waals surface area contributed by atoms with Crippen molar-refractivity contribution in [2.75, 3.05) is 13.7 Å². The molecule has 1 N–H and O–H groups in total. The second-order valence-electron chi connectivity index (χ2n) is 5.03. The van der Waals surface area contributed by atoms with E-state index in [0.717, 1.165) is 16.7 Å². The van der Waals surface area contributed by atoms with Gasteiger partial charge in [-0.2, -0.15) is 0 Å². The lowest BCUT2D eigenvalue weighted by Crippen LogP contribution is -2.42. The summed E-state index contributed by atoms with van der Waals surface area (Å²) in [5, 5.41) is 9.28. The predicted molar refractivity (Wildman–Crippen MR) is 96.3 cm³/mol. The Hall–Kier alpha value is -2.00. The first-order chi connectivity index (χ1) is 11.8. The van der Waals surface area contributed by atoms with Crippen molar-refractivity contribution >= 4 is 50.9 Å². The van der Waals surface area contributed by atoms with Gasteiger partial charge in [0.2, 0.25) is 0 Å². The van der Waals surface area contributed by atoms with Crippen LogP contribution in [0.15, 0.2) is 21.5 Å². The summed E-state index contributed by atoms with van der Waals surface area (Å²) in [7, 11) is 1.40. The van der Waals surface area contributed by atoms with E-state index in [2.05, 4.69) is 15.9 Å². The number of hydrogen-bond acceptors (Lipinski definition) is 7. The molecule has 2 amide bonds. The Bertz CT molecular complexity index is 763. The van der Waals surface area contributed by atoms with E-state index in [1.165, 1.54) is 26.2 Å². The highest BCUT2D eigenvalue weighted by atomic mass is 79.9. The van der Waals surface area contributed by atoms with Crippen molar-refractivity contribution in [2.45, 2.75) is 19.9 Å². The molecule has 1 atom stereocenters. The molecule has 1 aliphatic heterocycles. The SMILES string of the molecule is CCOC(=O)C(C)N1C(=O)SC(=Cc2cc(Br)c(O)c(OC)c2)C1=O. The van der Waals surface area contributed by atoms with Crippen molar-refractivity contribution in [1.82, 2.24) is 4.90 Å². The Balaban J connectivity index is 2.32. The topological polar surface area (TPSA) is 93.1 Å². The second kappa shape index (κ2) is 7.92. The predicted octanol–water partition coefficient (Wildman–Crippen LogP) is 3.15. The van der Waals surface area contributed by atoms with E-state index in [-0.39, 0.29) is 23.0 Å². The molecule has 0 spiro atoms. The van der Waals surface area contributed by atoms with E-state index in [1.54, 1.807) is 13.0 Å². The van der Waals surface area contributed by atoms with Crippen LogP contribution in [-0.4, -0.2) is 46.9 Å². The zero-order valence-electron chi connectivity index (χ0n) is 13.7. The fourth-order valence-electron chi connectivity index (χ4n) is 2.17. The molecular formula is C16H16BrNO6S. The van der Waals surface area contributed by atoms with Crippen molar-refractivity contribution in [3.8, 4) is 11.5 Å². The molecule has 25 heavy (non-hydrogen) atoms. The van der Waals surface area contributed by atoms with Crippen molar-refractivity contribution in [3.63, 3.8) is 0 Å². The zero-order chi connectivity index (χ0) is 18.7. The maximum atomic E-state index is 12.5. The summed E-state index contributed by atoms with van der Waals surface area (Å²) in [6.45, 7) is 3.25. The number of carbonyl (C=O) groups excluding carboxylic acids is 3. The molecule has 1 aliphatic rings. The number of ether oxygens (including phenoxy) is 2. The van der Waals surface area contributed by atoms with Crippen LogP contribution in [-0.2, 0) is 14.3 Å². The van der Waals surface area contributed by atoms with E-state index in [9.17, 15) is 19.5 Å². The van der Waals surface area contributed by atoms with Crippen LogP contribution in [0.2, 0.25) is 0 Å². The number of nitrogens with zero attached hydrogens (tertiary/aromatic N) is 1. The van der Waals surface area contributed by atoms with E-state index in [0.29, 0.717) is 10.0 Å². The molecule has 0 radical (unpaired) electrons. The number of imide groups is 1. The van der Waals surface area contributed by atoms with Gasteiger partial charge >= 0.3 is 5.97 Å². The number of carbonyl (C=O) groups is 3. The molecule has 0 saturated carbocycles. The Morgan fingerprint density at radius 1 is 1.44 bits per heavy atom. The van der Waals surface area contributed by atoms with Crippen LogP contribution in [0.4, 0.5) is 4.79 Å². The number of esters is 1. The molecule has 7 nitrogen and oxygen atoms in total. The smallest absolute Gasteiger partial charge is 0.329 e. The fourth-order valence-corrected chi connectivity index (χ4v) is 3.53. The molecule has 1 aromatic carbocycles. The maximum Gasteiger partial charge on any atom is 0.329 e. The van der Waals surface area contributed by atoms with Crippen LogP contribution >= 0.6 is 27.7 Å². The van der Waals surface area contributed by atoms with Gasteiger partial charge in [0.1, 0.15) is 6.04 Å². The lowest BCUT2D eigenvalue weighted by molar-refractivity contribution is -0.150. The molecule has 0 aliphatic carbocycles. The fraction of sp³-hybridized carbons (Fsp3) is 0.312. The van der Waals surface area contributed by atoms with Crippen LogP contribution in [0.25, 0.3) is 6.08 Å². The average molecular weight is 430 g/mol. The van der Waals surface area contributed by atoms with E-state index < -0.39 is 23.2 Å². The van der Waals surface area contributed by atoms with Gasteiger partial charge in [0, 0.05) is 0 Å². The van der Waals surface area contributed by atoms with Crippen molar-refractivity contribution in [2.24, 2.45) is 0 Å². The highest BCUT2D eigenvalue weighted by molar-refractivity contribution is 9.10. The van der Waals surface area contributed by atoms with E-state index >= 15 is 0 Å². The number of hydrogen-bond donors (Lipinski definition) is 1. The molecule has 0 aromatic heterocycles. The minimum absolute atomic E-state index is 0.0660. The first-order valence-corrected chi connectivity index (χ1v) is 8.91. The van der Waals surface area contributed by atoms with Crippen LogP contribution in [0, 0.1) is 0 Å². The Kier molecular flexibility index (Phi) is 6.12. The van der Waals surface area contributed by atoms with Gasteiger partial charge in [-0.1, -0.05) is 0 Å². The minimum Gasteiger partial charge on any atom is -0.503 e. The summed E-state index contributed by atoms with van der Waals surface area (Å²) >= 11 is 3.93. The quantitative estimate of drug-likeness (QED) is 0.567. The Labute approximate surface area is 157 Å². The number of methoxy groups -OCH3 is 1. The van der Waals surface area contributed by atoms with Gasteiger partial charge in [0.25, 0.3) is 11.1 Å². The Morgan fingerprint density at radius 3 is 2.72 bits per heavy atom. The third kappa shape index (κ3) is 3.98. The number of rotatable bonds is 5. The number of aromatic hydroxyl groups is 1. The van der Waals surface area contributed by atoms with Crippen LogP contribution < -0.4 is 4.74 Å². The Morgan fingerprint density at radius 2 is 2.12 bits per heavy atom. The van der Waals surface area contributed by atoms with Gasteiger partial charge in [-0.3, -0.25) is 14.5 Å². The van der Waals surface area contributed by atoms with Crippen LogP contribution in [0.5, 0.6) is 11.5 Å². The molecule has 9 heteroatoms. The highest BCUT2D eigenvalue weighted by Gasteiger charge is 2.41. The highest BCUT2D eigenvalue weighted by Crippen LogP contribution is 2.38. The summed E-state index contributed by atoms with van der Waals surface area (Å²) in [5.41, 5.74) is 0.552. The molecule has 1 heterocycles. The van der Waals surface area contributed by atoms with Crippen LogP contribution in [0.1, 0.15) is 19.4 Å². The molecule has 1 saturated heterocycles. The summed E-state index contributed by atoms with van der Waals surface area (Å²) < 4.78 is 10.3. The maximum absolute atomic E-state index is 12.5. The van der Waals surface area contributed by atoms with E-state index in [1.807, 2.05) is 0 Å². The number of thioether (sulfide) groups is 1. The third-order valence-electron chi connectivity index (χ3n) is 3.41. The van der Waals surface area contributed by atoms with Crippen LogP contribution in [0.3, 0.4) is 0 Å². The number of halogens is 1. The third-order valence-corrected chi connectivity index (χ3v) is 4.90. The molecule has 1 fully saturated rings. The standard InChI is InChI=1S/C16H16BrNO6S/c1-4-24-15(21)8(2)18-14(20)12(25-16(18)22)7-9-5-10(17)13(19)11(6-9)23-3/h5-8,19H,4H2,1-3H3. The molecule has 134 valence electrons. The van der Waals surface area contributed by atoms with Gasteiger partial charge in [-0.25, -0.2) is 4.79 Å². The monoisotopic (exact) mass is 429 g/mol. The van der Waals surface area contributed by atoms with Crippen molar-refractivity contribution in [3.05, 3.63) is 27.1 Å². The molecule has 1 aromatic rings. The zero-order valence-corrected chi connectivity index (χ0v) is 16.1. The van der Waals surface area contributed by atoms with Gasteiger partial charge in [-0.15, -0.1) is 0 Å². The number of amides is 2. The van der Waals surface area contributed by atoms with Crippen molar-refractivity contribution in [1.29, 1.82) is 0 Å². The summed E-state index contributed by atoms with van der Waals surface area (Å²) in [6.07, 6.45) is 1.50. The molecule has 0 bridgehead atoms. The summed E-state index contributed by atoms with van der Waals surface area (Å²) in [6, 6.07) is 2.11. The normalized spacial score (nSPS) is 17.1. The van der Waals surface area contributed by atoms with Gasteiger partial charge in [-0.05, 0) is 65.3 Å². The largest absolute Gasteiger partial charge is 0.503 e. The minimum atomic E-state index is -1.00. The molecule has 1 unspecified atom stereocenters. The van der Waals surface area contributed by atoms with Gasteiger partial charge < -0.3 is 14.6 Å². The average Bonchev–Trinajstić information content (AvgIpc) is 2.84. The first-order valence-electron chi connectivity index (χ1n) is 7.30. The number of benzene rings is 1. The lowest BCUT2D eigenvalue weighted by Gasteiger charge is -2.19. The summed E-state index contributed by atoms with van der Waals surface area (Å²) in [4.78, 5) is 37.5. The molecular weight excluding hydrogens is 414 g/mol. The second-order valence-corrected chi connectivity index (χ2v) is 6.88. The number of phenols is 1. The van der Waals surface area contributed by atoms with Gasteiger partial charge in [0.05, 0.1) is 23.1 Å². The molecule has 2 rings (SSSR count). The summed E-state index contributed by atoms with van der Waals surface area (Å²) in [5.74, 6) is -1.05. The van der Waals surface area contributed by atoms with Crippen molar-refractivity contribution < 1.29 is 29.0 Å².